The number of ether oxygens (including phenoxy) is 1. The Morgan fingerprint density at radius 3 is 2.59 bits per heavy atom. The maximum Gasteiger partial charge on any atom is 0.142 e. The van der Waals surface area contributed by atoms with E-state index in [0.29, 0.717) is 29.2 Å². The van der Waals surface area contributed by atoms with Crippen LogP contribution in [0.2, 0.25) is 10.0 Å². The molecule has 1 aromatic rings. The molecule has 0 aromatic heterocycles. The van der Waals surface area contributed by atoms with Gasteiger partial charge in [0.1, 0.15) is 5.75 Å². The van der Waals surface area contributed by atoms with E-state index in [1.807, 2.05) is 6.07 Å². The standard InChI is InChI=1S/C13H19Cl2NO/c1-4-5-17-13-10(8-16-9(2)3)6-11(14)7-12(13)15/h6-7,9,16H,4-5,8H2,1-3H3. The molecule has 0 fully saturated rings. The minimum atomic E-state index is 0.409. The van der Waals surface area contributed by atoms with E-state index >= 15 is 0 Å². The Kier molecular flexibility index (Phi) is 6.10. The van der Waals surface area contributed by atoms with Gasteiger partial charge in [-0.1, -0.05) is 44.0 Å². The van der Waals surface area contributed by atoms with Crippen LogP contribution in [0.1, 0.15) is 32.8 Å². The summed E-state index contributed by atoms with van der Waals surface area (Å²) in [6.07, 6.45) is 0.954. The molecule has 0 spiro atoms. The Bertz CT molecular complexity index is 367. The van der Waals surface area contributed by atoms with Crippen molar-refractivity contribution in [2.24, 2.45) is 0 Å². The molecule has 0 aliphatic carbocycles. The number of benzene rings is 1. The highest BCUT2D eigenvalue weighted by molar-refractivity contribution is 6.35. The lowest BCUT2D eigenvalue weighted by Gasteiger charge is -2.15. The second-order valence-corrected chi connectivity index (χ2v) is 5.10. The van der Waals surface area contributed by atoms with Gasteiger partial charge in [0.15, 0.2) is 0 Å². The molecule has 2 nitrogen and oxygen atoms in total. The summed E-state index contributed by atoms with van der Waals surface area (Å²) in [5.41, 5.74) is 1.00. The molecule has 17 heavy (non-hydrogen) atoms. The van der Waals surface area contributed by atoms with Crippen molar-refractivity contribution in [2.45, 2.75) is 39.8 Å². The van der Waals surface area contributed by atoms with E-state index in [0.717, 1.165) is 17.7 Å². The summed E-state index contributed by atoms with van der Waals surface area (Å²) in [6.45, 7) is 7.63. The van der Waals surface area contributed by atoms with Crippen molar-refractivity contribution >= 4 is 23.2 Å². The highest BCUT2D eigenvalue weighted by atomic mass is 35.5. The largest absolute Gasteiger partial charge is 0.492 e. The van der Waals surface area contributed by atoms with Gasteiger partial charge in [0.25, 0.3) is 0 Å². The lowest BCUT2D eigenvalue weighted by molar-refractivity contribution is 0.313. The summed E-state index contributed by atoms with van der Waals surface area (Å²) >= 11 is 12.2. The van der Waals surface area contributed by atoms with Gasteiger partial charge in [-0.05, 0) is 18.6 Å². The Morgan fingerprint density at radius 1 is 1.29 bits per heavy atom. The van der Waals surface area contributed by atoms with Crippen LogP contribution in [0.4, 0.5) is 0 Å². The zero-order chi connectivity index (χ0) is 12.8. The zero-order valence-electron chi connectivity index (χ0n) is 10.5. The fourth-order valence-corrected chi connectivity index (χ4v) is 2.01. The first kappa shape index (κ1) is 14.6. The summed E-state index contributed by atoms with van der Waals surface area (Å²) in [5, 5.41) is 4.55. The normalized spacial score (nSPS) is 10.9. The molecule has 0 saturated heterocycles. The van der Waals surface area contributed by atoms with Crippen molar-refractivity contribution in [3.63, 3.8) is 0 Å². The number of halogens is 2. The van der Waals surface area contributed by atoms with Gasteiger partial charge in [0.05, 0.1) is 11.6 Å². The summed E-state index contributed by atoms with van der Waals surface area (Å²) in [4.78, 5) is 0. The Labute approximate surface area is 113 Å². The van der Waals surface area contributed by atoms with E-state index < -0.39 is 0 Å². The maximum absolute atomic E-state index is 6.15. The fourth-order valence-electron chi connectivity index (χ4n) is 1.42. The van der Waals surface area contributed by atoms with Gasteiger partial charge in [0, 0.05) is 23.2 Å². The molecule has 0 bridgehead atoms. The quantitative estimate of drug-likeness (QED) is 0.837. The van der Waals surface area contributed by atoms with Crippen LogP contribution < -0.4 is 10.1 Å². The zero-order valence-corrected chi connectivity index (χ0v) is 12.0. The predicted octanol–water partition coefficient (Wildman–Crippen LogP) is 4.28. The minimum absolute atomic E-state index is 0.409. The molecule has 0 amide bonds. The van der Waals surface area contributed by atoms with Crippen LogP contribution in [0, 0.1) is 0 Å². The van der Waals surface area contributed by atoms with Crippen molar-refractivity contribution in [1.29, 1.82) is 0 Å². The van der Waals surface area contributed by atoms with E-state index in [2.05, 4.69) is 26.1 Å². The molecular formula is C13H19Cl2NO. The first-order valence-electron chi connectivity index (χ1n) is 5.88. The molecule has 1 rings (SSSR count). The van der Waals surface area contributed by atoms with Gasteiger partial charge in [0.2, 0.25) is 0 Å². The van der Waals surface area contributed by atoms with Gasteiger partial charge in [-0.15, -0.1) is 0 Å². The summed E-state index contributed by atoms with van der Waals surface area (Å²) in [7, 11) is 0. The van der Waals surface area contributed by atoms with Gasteiger partial charge in [-0.3, -0.25) is 0 Å². The molecule has 0 saturated carbocycles. The monoisotopic (exact) mass is 275 g/mol. The van der Waals surface area contributed by atoms with Gasteiger partial charge in [-0.25, -0.2) is 0 Å². The molecule has 0 radical (unpaired) electrons. The van der Waals surface area contributed by atoms with Crippen LogP contribution in [-0.4, -0.2) is 12.6 Å². The first-order chi connectivity index (χ1) is 8.04. The number of nitrogens with one attached hydrogen (secondary N) is 1. The number of hydrogen-bond donors (Lipinski definition) is 1. The SMILES string of the molecule is CCCOc1c(Cl)cc(Cl)cc1CNC(C)C. The summed E-state index contributed by atoms with van der Waals surface area (Å²) in [6, 6.07) is 4.02. The lowest BCUT2D eigenvalue weighted by atomic mass is 10.2. The summed E-state index contributed by atoms with van der Waals surface area (Å²) < 4.78 is 5.67. The van der Waals surface area contributed by atoms with Crippen molar-refractivity contribution in [2.75, 3.05) is 6.61 Å². The third-order valence-corrected chi connectivity index (χ3v) is 2.74. The van der Waals surface area contributed by atoms with E-state index in [9.17, 15) is 0 Å². The van der Waals surface area contributed by atoms with Crippen LogP contribution in [0.25, 0.3) is 0 Å². The molecule has 96 valence electrons. The smallest absolute Gasteiger partial charge is 0.142 e. The Hall–Kier alpha value is -0.440. The molecule has 0 heterocycles. The average molecular weight is 276 g/mol. The molecule has 0 atom stereocenters. The van der Waals surface area contributed by atoms with Crippen LogP contribution in [0.5, 0.6) is 5.75 Å². The molecule has 4 heteroatoms. The second-order valence-electron chi connectivity index (χ2n) is 4.26. The van der Waals surface area contributed by atoms with Crippen molar-refractivity contribution < 1.29 is 4.74 Å². The van der Waals surface area contributed by atoms with Gasteiger partial charge in [-0.2, -0.15) is 0 Å². The van der Waals surface area contributed by atoms with Gasteiger partial charge >= 0.3 is 0 Å². The van der Waals surface area contributed by atoms with E-state index in [-0.39, 0.29) is 0 Å². The number of hydrogen-bond acceptors (Lipinski definition) is 2. The Balaban J connectivity index is 2.89. The van der Waals surface area contributed by atoms with Crippen LogP contribution >= 0.6 is 23.2 Å². The minimum Gasteiger partial charge on any atom is -0.492 e. The average Bonchev–Trinajstić information content (AvgIpc) is 2.24. The van der Waals surface area contributed by atoms with E-state index in [1.54, 1.807) is 6.07 Å². The van der Waals surface area contributed by atoms with Crippen LogP contribution in [0.3, 0.4) is 0 Å². The molecular weight excluding hydrogens is 257 g/mol. The molecule has 1 aromatic carbocycles. The summed E-state index contributed by atoms with van der Waals surface area (Å²) in [5.74, 6) is 0.742. The van der Waals surface area contributed by atoms with Crippen molar-refractivity contribution in [1.82, 2.24) is 5.32 Å². The van der Waals surface area contributed by atoms with Crippen LogP contribution in [0.15, 0.2) is 12.1 Å². The second kappa shape index (κ2) is 7.10. The van der Waals surface area contributed by atoms with E-state index in [4.69, 9.17) is 27.9 Å². The molecule has 0 aliphatic rings. The topological polar surface area (TPSA) is 21.3 Å². The van der Waals surface area contributed by atoms with Crippen molar-refractivity contribution in [3.8, 4) is 5.75 Å². The molecule has 1 N–H and O–H groups in total. The molecule has 0 aliphatic heterocycles. The predicted molar refractivity (Wildman–Crippen MR) is 74.2 cm³/mol. The van der Waals surface area contributed by atoms with Crippen molar-refractivity contribution in [3.05, 3.63) is 27.7 Å². The van der Waals surface area contributed by atoms with E-state index in [1.165, 1.54) is 0 Å². The third-order valence-electron chi connectivity index (χ3n) is 2.24. The highest BCUT2D eigenvalue weighted by Gasteiger charge is 2.10. The lowest BCUT2D eigenvalue weighted by Crippen LogP contribution is -2.22. The molecule has 0 unspecified atom stereocenters. The fraction of sp³-hybridized carbons (Fsp3) is 0.538. The maximum atomic E-state index is 6.15. The third kappa shape index (κ3) is 4.74. The Morgan fingerprint density at radius 2 is 2.00 bits per heavy atom. The van der Waals surface area contributed by atoms with Crippen LogP contribution in [-0.2, 0) is 6.54 Å². The number of rotatable bonds is 6. The highest BCUT2D eigenvalue weighted by Crippen LogP contribution is 2.32. The van der Waals surface area contributed by atoms with Gasteiger partial charge < -0.3 is 10.1 Å². The first-order valence-corrected chi connectivity index (χ1v) is 6.64.